The summed E-state index contributed by atoms with van der Waals surface area (Å²) in [5, 5.41) is 11.6. The number of nitrogens with zero attached hydrogens (tertiary/aromatic N) is 4. The fraction of sp³-hybridized carbons (Fsp3) is 0.300. The Kier molecular flexibility index (Phi) is 5.13. The van der Waals surface area contributed by atoms with Crippen molar-refractivity contribution in [3.05, 3.63) is 47.3 Å². The minimum absolute atomic E-state index is 0.00348. The number of nitriles is 1. The van der Waals surface area contributed by atoms with Crippen molar-refractivity contribution >= 4 is 28.7 Å². The number of carbonyl (C=O) groups excluding carboxylic acids is 1. The minimum atomic E-state index is -4.60. The average molecular weight is 415 g/mol. The maximum Gasteiger partial charge on any atom is 0.418 e. The highest BCUT2D eigenvalue weighted by atomic mass is 19.4. The van der Waals surface area contributed by atoms with Crippen LogP contribution in [-0.2, 0) is 15.7 Å². The zero-order valence-corrected chi connectivity index (χ0v) is 15.7. The largest absolute Gasteiger partial charge is 0.418 e. The van der Waals surface area contributed by atoms with Gasteiger partial charge in [-0.2, -0.15) is 18.4 Å². The van der Waals surface area contributed by atoms with Crippen molar-refractivity contribution in [1.82, 2.24) is 4.98 Å². The monoisotopic (exact) mass is 415 g/mol. The number of rotatable bonds is 2. The van der Waals surface area contributed by atoms with Gasteiger partial charge in [0.2, 0.25) is 5.91 Å². The summed E-state index contributed by atoms with van der Waals surface area (Å²) in [4.78, 5) is 22.3. The van der Waals surface area contributed by atoms with Crippen LogP contribution in [0.5, 0.6) is 0 Å². The molecule has 1 N–H and O–H groups in total. The summed E-state index contributed by atoms with van der Waals surface area (Å²) < 4.78 is 46.5. The van der Waals surface area contributed by atoms with E-state index in [-0.39, 0.29) is 29.2 Å². The third-order valence-corrected chi connectivity index (χ3v) is 4.84. The van der Waals surface area contributed by atoms with Gasteiger partial charge in [-0.25, -0.2) is 4.98 Å². The lowest BCUT2D eigenvalue weighted by molar-refractivity contribution is -0.137. The van der Waals surface area contributed by atoms with Crippen LogP contribution in [0.25, 0.3) is 0 Å². The Balaban J connectivity index is 1.86. The maximum absolute atomic E-state index is 13.8. The molecule has 2 aliphatic rings. The molecular weight excluding hydrogens is 399 g/mol. The quantitative estimate of drug-likeness (QED) is 0.813. The zero-order chi connectivity index (χ0) is 21.3. The summed E-state index contributed by atoms with van der Waals surface area (Å²) in [6.45, 7) is 1.29. The molecule has 1 aromatic heterocycles. The standard InChI is InChI=1S/C20H16F3N5O2/c21-20(22,23)14-8-16-17(9-18(14)28-3-5-30-6-4-28)26-15(10-19(29)27-16)12-1-2-25-13(7-12)11-24/h1-2,7-9H,3-6,10H2,(H,27,29). The predicted molar refractivity (Wildman–Crippen MR) is 103 cm³/mol. The normalized spacial score (nSPS) is 16.8. The molecule has 0 spiro atoms. The van der Waals surface area contributed by atoms with Gasteiger partial charge >= 0.3 is 6.18 Å². The van der Waals surface area contributed by atoms with Crippen molar-refractivity contribution in [2.75, 3.05) is 36.5 Å². The van der Waals surface area contributed by atoms with E-state index in [1.165, 1.54) is 18.3 Å². The van der Waals surface area contributed by atoms with E-state index < -0.39 is 17.6 Å². The van der Waals surface area contributed by atoms with E-state index in [9.17, 15) is 18.0 Å². The predicted octanol–water partition coefficient (Wildman–Crippen LogP) is 3.27. The first-order valence-corrected chi connectivity index (χ1v) is 9.17. The molecule has 1 aromatic carbocycles. The van der Waals surface area contributed by atoms with Gasteiger partial charge in [0.1, 0.15) is 11.8 Å². The van der Waals surface area contributed by atoms with Crippen LogP contribution in [0.3, 0.4) is 0 Å². The highest BCUT2D eigenvalue weighted by molar-refractivity contribution is 6.17. The van der Waals surface area contributed by atoms with Gasteiger partial charge < -0.3 is 15.0 Å². The van der Waals surface area contributed by atoms with Crippen LogP contribution in [0.15, 0.2) is 35.5 Å². The Bertz CT molecular complexity index is 1070. The summed E-state index contributed by atoms with van der Waals surface area (Å²) >= 11 is 0. The van der Waals surface area contributed by atoms with E-state index >= 15 is 0 Å². The van der Waals surface area contributed by atoms with Crippen molar-refractivity contribution in [1.29, 1.82) is 5.26 Å². The summed E-state index contributed by atoms with van der Waals surface area (Å²) in [7, 11) is 0. The van der Waals surface area contributed by atoms with Gasteiger partial charge in [-0.05, 0) is 24.3 Å². The summed E-state index contributed by atoms with van der Waals surface area (Å²) in [5.41, 5.74) is 0.389. The van der Waals surface area contributed by atoms with Crippen molar-refractivity contribution in [3.8, 4) is 6.07 Å². The van der Waals surface area contributed by atoms with Crippen LogP contribution >= 0.6 is 0 Å². The number of nitrogens with one attached hydrogen (secondary N) is 1. The van der Waals surface area contributed by atoms with Crippen LogP contribution in [0.1, 0.15) is 23.2 Å². The highest BCUT2D eigenvalue weighted by Gasteiger charge is 2.37. The Morgan fingerprint density at radius 2 is 1.97 bits per heavy atom. The number of morpholine rings is 1. The van der Waals surface area contributed by atoms with E-state index in [2.05, 4.69) is 15.3 Å². The van der Waals surface area contributed by atoms with Crippen molar-refractivity contribution in [3.63, 3.8) is 0 Å². The molecule has 10 heteroatoms. The average Bonchev–Trinajstić information content (AvgIpc) is 2.90. The Hall–Kier alpha value is -3.45. The lowest BCUT2D eigenvalue weighted by Gasteiger charge is -2.31. The van der Waals surface area contributed by atoms with Crippen molar-refractivity contribution in [2.24, 2.45) is 4.99 Å². The number of benzene rings is 1. The molecular formula is C20H16F3N5O2. The smallest absolute Gasteiger partial charge is 0.378 e. The summed E-state index contributed by atoms with van der Waals surface area (Å²) in [5.74, 6) is -0.491. The van der Waals surface area contributed by atoms with Crippen LogP contribution in [0.4, 0.5) is 30.2 Å². The van der Waals surface area contributed by atoms with Gasteiger partial charge in [-0.1, -0.05) is 0 Å². The van der Waals surface area contributed by atoms with Gasteiger partial charge in [0.15, 0.2) is 0 Å². The molecule has 0 saturated carbocycles. The number of ether oxygens (including phenoxy) is 1. The molecule has 30 heavy (non-hydrogen) atoms. The molecule has 0 bridgehead atoms. The molecule has 3 heterocycles. The van der Waals surface area contributed by atoms with E-state index in [0.29, 0.717) is 37.6 Å². The fourth-order valence-corrected chi connectivity index (χ4v) is 3.43. The minimum Gasteiger partial charge on any atom is -0.378 e. The van der Waals surface area contributed by atoms with E-state index in [1.807, 2.05) is 6.07 Å². The molecule has 0 unspecified atom stereocenters. The number of aliphatic imine (C=N–C) groups is 1. The highest BCUT2D eigenvalue weighted by Crippen LogP contribution is 2.43. The Morgan fingerprint density at radius 3 is 2.67 bits per heavy atom. The summed E-state index contributed by atoms with van der Waals surface area (Å²) in [6, 6.07) is 7.29. The fourth-order valence-electron chi connectivity index (χ4n) is 3.43. The lowest BCUT2D eigenvalue weighted by atomic mass is 10.1. The van der Waals surface area contributed by atoms with Gasteiger partial charge in [0.05, 0.1) is 48.0 Å². The molecule has 154 valence electrons. The molecule has 4 rings (SSSR count). The zero-order valence-electron chi connectivity index (χ0n) is 15.7. The number of anilines is 2. The second-order valence-electron chi connectivity index (χ2n) is 6.81. The van der Waals surface area contributed by atoms with Gasteiger partial charge in [0, 0.05) is 24.8 Å². The van der Waals surface area contributed by atoms with Crippen molar-refractivity contribution < 1.29 is 22.7 Å². The number of alkyl halides is 3. The van der Waals surface area contributed by atoms with E-state index in [0.717, 1.165) is 6.07 Å². The number of aromatic nitrogens is 1. The van der Waals surface area contributed by atoms with E-state index in [1.54, 1.807) is 11.0 Å². The molecule has 1 saturated heterocycles. The van der Waals surface area contributed by atoms with Crippen LogP contribution < -0.4 is 10.2 Å². The number of halogens is 3. The second kappa shape index (κ2) is 7.76. The third kappa shape index (κ3) is 3.97. The number of pyridine rings is 1. The first-order chi connectivity index (χ1) is 14.3. The van der Waals surface area contributed by atoms with Gasteiger partial charge in [-0.15, -0.1) is 0 Å². The SMILES string of the molecule is N#Cc1cc(C2=Nc3cc(N4CCOCC4)c(C(F)(F)F)cc3NC(=O)C2)ccn1. The molecule has 1 fully saturated rings. The maximum atomic E-state index is 13.8. The Labute approximate surface area is 169 Å². The van der Waals surface area contributed by atoms with Crippen LogP contribution in [-0.4, -0.2) is 42.9 Å². The van der Waals surface area contributed by atoms with Crippen LogP contribution in [0, 0.1) is 11.3 Å². The molecule has 2 aromatic rings. The van der Waals surface area contributed by atoms with Crippen molar-refractivity contribution in [2.45, 2.75) is 12.6 Å². The number of carbonyl (C=O) groups is 1. The third-order valence-electron chi connectivity index (χ3n) is 4.84. The molecule has 0 atom stereocenters. The topological polar surface area (TPSA) is 90.6 Å². The number of hydrogen-bond acceptors (Lipinski definition) is 6. The number of hydrogen-bond donors (Lipinski definition) is 1. The first kappa shape index (κ1) is 19.8. The lowest BCUT2D eigenvalue weighted by Crippen LogP contribution is -2.37. The Morgan fingerprint density at radius 1 is 1.20 bits per heavy atom. The van der Waals surface area contributed by atoms with Gasteiger partial charge in [-0.3, -0.25) is 9.79 Å². The first-order valence-electron chi connectivity index (χ1n) is 9.17. The van der Waals surface area contributed by atoms with E-state index in [4.69, 9.17) is 10.00 Å². The molecule has 2 aliphatic heterocycles. The molecule has 7 nitrogen and oxygen atoms in total. The van der Waals surface area contributed by atoms with Crippen LogP contribution in [0.2, 0.25) is 0 Å². The van der Waals surface area contributed by atoms with Gasteiger partial charge in [0.25, 0.3) is 0 Å². The molecule has 0 aliphatic carbocycles. The second-order valence-corrected chi connectivity index (χ2v) is 6.81. The number of amides is 1. The molecule has 1 amide bonds. The summed E-state index contributed by atoms with van der Waals surface area (Å²) in [6.07, 6.45) is -3.32. The molecule has 0 radical (unpaired) electrons. The number of fused-ring (bicyclic) bond motifs is 1.